The first-order valence-electron chi connectivity index (χ1n) is 7.15. The van der Waals surface area contributed by atoms with Crippen LogP contribution in [0.2, 0.25) is 0 Å². The van der Waals surface area contributed by atoms with E-state index >= 15 is 0 Å². The second-order valence-electron chi connectivity index (χ2n) is 5.24. The van der Waals surface area contributed by atoms with Crippen molar-refractivity contribution >= 4 is 11.9 Å². The summed E-state index contributed by atoms with van der Waals surface area (Å²) in [5.74, 6) is -0.585. The van der Waals surface area contributed by atoms with Crippen molar-refractivity contribution in [3.63, 3.8) is 0 Å². The van der Waals surface area contributed by atoms with Gasteiger partial charge in [0, 0.05) is 18.8 Å². The van der Waals surface area contributed by atoms with Gasteiger partial charge in [0.05, 0.1) is 7.11 Å². The SMILES string of the molecule is COC(=O)C(NC(=O)c1ccccc1C)C1CCOCC1. The van der Waals surface area contributed by atoms with E-state index in [9.17, 15) is 9.59 Å². The smallest absolute Gasteiger partial charge is 0.328 e. The third-order valence-electron chi connectivity index (χ3n) is 3.87. The van der Waals surface area contributed by atoms with Gasteiger partial charge in [-0.15, -0.1) is 0 Å². The summed E-state index contributed by atoms with van der Waals surface area (Å²) in [4.78, 5) is 24.4. The van der Waals surface area contributed by atoms with Crippen LogP contribution in [0.4, 0.5) is 0 Å². The molecule has 2 rings (SSSR count). The molecule has 0 aliphatic carbocycles. The van der Waals surface area contributed by atoms with Crippen LogP contribution in [0.3, 0.4) is 0 Å². The third-order valence-corrected chi connectivity index (χ3v) is 3.87. The number of hydrogen-bond acceptors (Lipinski definition) is 4. The minimum atomic E-state index is -0.619. The van der Waals surface area contributed by atoms with Crippen molar-refractivity contribution in [2.24, 2.45) is 5.92 Å². The monoisotopic (exact) mass is 291 g/mol. The highest BCUT2D eigenvalue weighted by atomic mass is 16.5. The third kappa shape index (κ3) is 3.82. The fourth-order valence-corrected chi connectivity index (χ4v) is 2.59. The van der Waals surface area contributed by atoms with Gasteiger partial charge in [-0.1, -0.05) is 18.2 Å². The maximum absolute atomic E-state index is 12.4. The van der Waals surface area contributed by atoms with E-state index in [1.165, 1.54) is 7.11 Å². The summed E-state index contributed by atoms with van der Waals surface area (Å²) in [6, 6.07) is 6.69. The maximum Gasteiger partial charge on any atom is 0.328 e. The number of benzene rings is 1. The highest BCUT2D eigenvalue weighted by Gasteiger charge is 2.32. The quantitative estimate of drug-likeness (QED) is 0.857. The second kappa shape index (κ2) is 7.22. The fourth-order valence-electron chi connectivity index (χ4n) is 2.59. The molecule has 114 valence electrons. The number of carbonyl (C=O) groups is 2. The van der Waals surface area contributed by atoms with Gasteiger partial charge in [0.25, 0.3) is 5.91 Å². The van der Waals surface area contributed by atoms with Gasteiger partial charge in [-0.3, -0.25) is 4.79 Å². The summed E-state index contributed by atoms with van der Waals surface area (Å²) < 4.78 is 10.1. The first kappa shape index (κ1) is 15.5. The van der Waals surface area contributed by atoms with Crippen molar-refractivity contribution in [2.75, 3.05) is 20.3 Å². The summed E-state index contributed by atoms with van der Waals surface area (Å²) in [6.07, 6.45) is 1.49. The molecule has 0 radical (unpaired) electrons. The maximum atomic E-state index is 12.4. The predicted molar refractivity (Wildman–Crippen MR) is 78.0 cm³/mol. The predicted octanol–water partition coefficient (Wildman–Crippen LogP) is 1.69. The molecule has 0 saturated carbocycles. The Balaban J connectivity index is 2.13. The molecule has 1 aliphatic heterocycles. The summed E-state index contributed by atoms with van der Waals surface area (Å²) in [6.45, 7) is 3.09. The zero-order valence-electron chi connectivity index (χ0n) is 12.4. The molecule has 5 nitrogen and oxygen atoms in total. The molecule has 0 aromatic heterocycles. The zero-order valence-corrected chi connectivity index (χ0v) is 12.4. The topological polar surface area (TPSA) is 64.6 Å². The van der Waals surface area contributed by atoms with Crippen LogP contribution in [-0.2, 0) is 14.3 Å². The van der Waals surface area contributed by atoms with Crippen LogP contribution in [0.25, 0.3) is 0 Å². The van der Waals surface area contributed by atoms with Crippen molar-refractivity contribution in [1.29, 1.82) is 0 Å². The largest absolute Gasteiger partial charge is 0.467 e. The number of ether oxygens (including phenoxy) is 2. The van der Waals surface area contributed by atoms with Crippen molar-refractivity contribution < 1.29 is 19.1 Å². The molecule has 1 amide bonds. The Morgan fingerprint density at radius 1 is 1.29 bits per heavy atom. The Bertz CT molecular complexity index is 509. The van der Waals surface area contributed by atoms with Crippen molar-refractivity contribution in [1.82, 2.24) is 5.32 Å². The van der Waals surface area contributed by atoms with E-state index in [2.05, 4.69) is 5.32 Å². The van der Waals surface area contributed by atoms with Crippen molar-refractivity contribution in [3.8, 4) is 0 Å². The number of nitrogens with one attached hydrogen (secondary N) is 1. The molecule has 0 bridgehead atoms. The lowest BCUT2D eigenvalue weighted by Gasteiger charge is -2.29. The van der Waals surface area contributed by atoms with Crippen LogP contribution in [0.1, 0.15) is 28.8 Å². The van der Waals surface area contributed by atoms with E-state index in [1.807, 2.05) is 25.1 Å². The van der Waals surface area contributed by atoms with E-state index in [0.29, 0.717) is 18.8 Å². The molecule has 0 spiro atoms. The van der Waals surface area contributed by atoms with Crippen molar-refractivity contribution in [2.45, 2.75) is 25.8 Å². The molecule has 1 N–H and O–H groups in total. The number of amides is 1. The Labute approximate surface area is 124 Å². The normalized spacial score (nSPS) is 17.0. The molecule has 5 heteroatoms. The molecule has 1 unspecified atom stereocenters. The number of methoxy groups -OCH3 is 1. The molecule has 1 heterocycles. The van der Waals surface area contributed by atoms with Gasteiger partial charge in [0.15, 0.2) is 0 Å². The molecule has 1 saturated heterocycles. The molecule has 1 aliphatic rings. The summed E-state index contributed by atoms with van der Waals surface area (Å²) in [5, 5.41) is 2.83. The number of aryl methyl sites for hydroxylation is 1. The van der Waals surface area contributed by atoms with Crippen LogP contribution in [0, 0.1) is 12.8 Å². The van der Waals surface area contributed by atoms with Gasteiger partial charge in [0.2, 0.25) is 0 Å². The van der Waals surface area contributed by atoms with Gasteiger partial charge in [0.1, 0.15) is 6.04 Å². The Kier molecular flexibility index (Phi) is 5.33. The van der Waals surface area contributed by atoms with Gasteiger partial charge < -0.3 is 14.8 Å². The highest BCUT2D eigenvalue weighted by molar-refractivity contribution is 5.98. The lowest BCUT2D eigenvalue weighted by atomic mass is 9.91. The molecule has 1 aromatic carbocycles. The number of carbonyl (C=O) groups excluding carboxylic acids is 2. The van der Waals surface area contributed by atoms with E-state index in [1.54, 1.807) is 6.07 Å². The molecule has 1 atom stereocenters. The lowest BCUT2D eigenvalue weighted by Crippen LogP contribution is -2.48. The minimum Gasteiger partial charge on any atom is -0.467 e. The average Bonchev–Trinajstić information content (AvgIpc) is 2.53. The van der Waals surface area contributed by atoms with Crippen LogP contribution >= 0.6 is 0 Å². The molecule has 1 fully saturated rings. The first-order valence-corrected chi connectivity index (χ1v) is 7.15. The van der Waals surface area contributed by atoms with Gasteiger partial charge in [-0.2, -0.15) is 0 Å². The number of esters is 1. The van der Waals surface area contributed by atoms with Crippen LogP contribution in [-0.4, -0.2) is 38.2 Å². The molecular formula is C16H21NO4. The van der Waals surface area contributed by atoms with Crippen molar-refractivity contribution in [3.05, 3.63) is 35.4 Å². The second-order valence-corrected chi connectivity index (χ2v) is 5.24. The van der Waals surface area contributed by atoms with Gasteiger partial charge in [-0.05, 0) is 37.3 Å². The molecular weight excluding hydrogens is 270 g/mol. The van der Waals surface area contributed by atoms with E-state index in [0.717, 1.165) is 18.4 Å². The van der Waals surface area contributed by atoms with E-state index in [-0.39, 0.29) is 11.8 Å². The van der Waals surface area contributed by atoms with Crippen LogP contribution in [0.5, 0.6) is 0 Å². The first-order chi connectivity index (χ1) is 10.1. The Morgan fingerprint density at radius 3 is 2.57 bits per heavy atom. The Morgan fingerprint density at radius 2 is 1.95 bits per heavy atom. The minimum absolute atomic E-state index is 0.0548. The number of rotatable bonds is 4. The average molecular weight is 291 g/mol. The molecule has 21 heavy (non-hydrogen) atoms. The van der Waals surface area contributed by atoms with Gasteiger partial charge in [-0.25, -0.2) is 4.79 Å². The fraction of sp³-hybridized carbons (Fsp3) is 0.500. The summed E-state index contributed by atoms with van der Waals surface area (Å²) in [5.41, 5.74) is 1.46. The van der Waals surface area contributed by atoms with Crippen LogP contribution < -0.4 is 5.32 Å². The molecule has 1 aromatic rings. The van der Waals surface area contributed by atoms with E-state index < -0.39 is 12.0 Å². The zero-order chi connectivity index (χ0) is 15.2. The van der Waals surface area contributed by atoms with E-state index in [4.69, 9.17) is 9.47 Å². The summed E-state index contributed by atoms with van der Waals surface area (Å²) >= 11 is 0. The van der Waals surface area contributed by atoms with Gasteiger partial charge >= 0.3 is 5.97 Å². The lowest BCUT2D eigenvalue weighted by molar-refractivity contribution is -0.145. The Hall–Kier alpha value is -1.88. The standard InChI is InChI=1S/C16H21NO4/c1-11-5-3-4-6-13(11)15(18)17-14(16(19)20-2)12-7-9-21-10-8-12/h3-6,12,14H,7-10H2,1-2H3,(H,17,18). The highest BCUT2D eigenvalue weighted by Crippen LogP contribution is 2.20. The summed E-state index contributed by atoms with van der Waals surface area (Å²) in [7, 11) is 1.34. The van der Waals surface area contributed by atoms with Crippen LogP contribution in [0.15, 0.2) is 24.3 Å². The number of hydrogen-bond donors (Lipinski definition) is 1.